The van der Waals surface area contributed by atoms with Crippen molar-refractivity contribution in [2.75, 3.05) is 6.54 Å². The van der Waals surface area contributed by atoms with Gasteiger partial charge in [-0.2, -0.15) is 0 Å². The van der Waals surface area contributed by atoms with E-state index in [0.29, 0.717) is 19.6 Å². The molecule has 2 aromatic rings. The number of halogens is 1. The van der Waals surface area contributed by atoms with Gasteiger partial charge in [-0.05, 0) is 12.5 Å². The van der Waals surface area contributed by atoms with Crippen LogP contribution in [0.4, 0.5) is 0 Å². The van der Waals surface area contributed by atoms with Crippen LogP contribution in [0, 0.1) is 6.92 Å². The lowest BCUT2D eigenvalue weighted by Gasteiger charge is -2.11. The highest BCUT2D eigenvalue weighted by atomic mass is 127. The maximum absolute atomic E-state index is 4.57. The lowest BCUT2D eigenvalue weighted by molar-refractivity contribution is 0.721. The Morgan fingerprint density at radius 2 is 2.00 bits per heavy atom. The van der Waals surface area contributed by atoms with Crippen LogP contribution >= 0.6 is 24.0 Å². The van der Waals surface area contributed by atoms with Gasteiger partial charge >= 0.3 is 0 Å². The fourth-order valence-corrected chi connectivity index (χ4v) is 1.86. The van der Waals surface area contributed by atoms with Gasteiger partial charge in [0.2, 0.25) is 0 Å². The van der Waals surface area contributed by atoms with Crippen LogP contribution in [-0.4, -0.2) is 27.3 Å². The molecule has 0 radical (unpaired) electrons. The summed E-state index contributed by atoms with van der Waals surface area (Å²) in [7, 11) is 1.95. The largest absolute Gasteiger partial charge is 0.353 e. The summed E-state index contributed by atoms with van der Waals surface area (Å²) in [6.07, 6.45) is 1.80. The molecule has 0 bridgehead atoms. The van der Waals surface area contributed by atoms with Crippen LogP contribution in [0.1, 0.15) is 17.2 Å². The number of nitrogens with one attached hydrogen (secondary N) is 2. The van der Waals surface area contributed by atoms with E-state index in [9.17, 15) is 0 Å². The van der Waals surface area contributed by atoms with Gasteiger partial charge < -0.3 is 15.2 Å². The van der Waals surface area contributed by atoms with Crippen LogP contribution in [0.3, 0.4) is 0 Å². The molecule has 0 saturated heterocycles. The minimum atomic E-state index is 0. The van der Waals surface area contributed by atoms with E-state index in [4.69, 9.17) is 0 Å². The van der Waals surface area contributed by atoms with Gasteiger partial charge in [-0.15, -0.1) is 40.8 Å². The maximum Gasteiger partial charge on any atom is 0.192 e. The molecule has 2 rings (SSSR count). The molecule has 2 N–H and O–H groups in total. The summed E-state index contributed by atoms with van der Waals surface area (Å²) < 4.78 is 1.95. The first-order chi connectivity index (χ1) is 10.7. The Balaban J connectivity index is 0.00000264. The molecule has 0 saturated carbocycles. The molecule has 0 amide bonds. The van der Waals surface area contributed by atoms with Gasteiger partial charge in [0.15, 0.2) is 11.8 Å². The zero-order valence-corrected chi connectivity index (χ0v) is 15.8. The predicted molar refractivity (Wildman–Crippen MR) is 104 cm³/mol. The zero-order valence-electron chi connectivity index (χ0n) is 13.5. The Hall–Kier alpha value is -1.90. The van der Waals surface area contributed by atoms with E-state index in [1.165, 1.54) is 0 Å². The first-order valence-corrected chi connectivity index (χ1v) is 7.22. The molecule has 6 nitrogen and oxygen atoms in total. The summed E-state index contributed by atoms with van der Waals surface area (Å²) in [5.41, 5.74) is 1.16. The van der Waals surface area contributed by atoms with Crippen molar-refractivity contribution in [2.24, 2.45) is 12.0 Å². The fraction of sp³-hybridized carbons (Fsp3) is 0.312. The van der Waals surface area contributed by atoms with Gasteiger partial charge in [0.1, 0.15) is 5.82 Å². The van der Waals surface area contributed by atoms with Crippen molar-refractivity contribution in [2.45, 2.75) is 20.0 Å². The highest BCUT2D eigenvalue weighted by molar-refractivity contribution is 14.0. The predicted octanol–water partition coefficient (Wildman–Crippen LogP) is 2.16. The molecular weight excluding hydrogens is 403 g/mol. The topological polar surface area (TPSA) is 67.1 Å². The molecule has 23 heavy (non-hydrogen) atoms. The molecule has 0 aliphatic heterocycles. The number of aliphatic imine (C=N–C) groups is 1. The minimum Gasteiger partial charge on any atom is -0.353 e. The van der Waals surface area contributed by atoms with Crippen molar-refractivity contribution in [3.63, 3.8) is 0 Å². The van der Waals surface area contributed by atoms with Crippen molar-refractivity contribution in [1.82, 2.24) is 25.4 Å². The van der Waals surface area contributed by atoms with Gasteiger partial charge in [0, 0.05) is 13.6 Å². The summed E-state index contributed by atoms with van der Waals surface area (Å²) in [5.74, 6) is 2.48. The molecule has 1 heterocycles. The second-order valence-corrected chi connectivity index (χ2v) is 4.90. The Labute approximate surface area is 154 Å². The van der Waals surface area contributed by atoms with Crippen LogP contribution in [0.25, 0.3) is 0 Å². The number of rotatable bonds is 6. The molecule has 0 aliphatic carbocycles. The summed E-state index contributed by atoms with van der Waals surface area (Å²) in [6.45, 7) is 7.47. The van der Waals surface area contributed by atoms with Crippen molar-refractivity contribution in [3.05, 3.63) is 60.2 Å². The summed E-state index contributed by atoms with van der Waals surface area (Å²) in [6, 6.07) is 10.1. The first-order valence-electron chi connectivity index (χ1n) is 7.22. The van der Waals surface area contributed by atoms with Crippen LogP contribution in [0.5, 0.6) is 0 Å². The SMILES string of the molecule is C=CCNC(=NCc1ccccc1)NCc1nnc(C)n1C.I. The number of aromatic nitrogens is 3. The Bertz CT molecular complexity index is 635. The van der Waals surface area contributed by atoms with E-state index in [0.717, 1.165) is 23.2 Å². The van der Waals surface area contributed by atoms with E-state index in [1.807, 2.05) is 36.7 Å². The number of guanidine groups is 1. The highest BCUT2D eigenvalue weighted by Crippen LogP contribution is 2.00. The van der Waals surface area contributed by atoms with Gasteiger partial charge in [-0.3, -0.25) is 0 Å². The molecule has 124 valence electrons. The van der Waals surface area contributed by atoms with Gasteiger partial charge in [0.25, 0.3) is 0 Å². The second-order valence-electron chi connectivity index (χ2n) is 4.90. The lowest BCUT2D eigenvalue weighted by Crippen LogP contribution is -2.37. The molecule has 0 spiro atoms. The summed E-state index contributed by atoms with van der Waals surface area (Å²) >= 11 is 0. The van der Waals surface area contributed by atoms with E-state index in [-0.39, 0.29) is 24.0 Å². The van der Waals surface area contributed by atoms with E-state index < -0.39 is 0 Å². The van der Waals surface area contributed by atoms with Crippen LogP contribution in [0.15, 0.2) is 48.0 Å². The lowest BCUT2D eigenvalue weighted by atomic mass is 10.2. The smallest absolute Gasteiger partial charge is 0.192 e. The average molecular weight is 426 g/mol. The first kappa shape index (κ1) is 19.1. The number of hydrogen-bond acceptors (Lipinski definition) is 3. The van der Waals surface area contributed by atoms with Gasteiger partial charge in [-0.25, -0.2) is 4.99 Å². The molecule has 0 aliphatic rings. The standard InChI is InChI=1S/C16H22N6.HI/c1-4-10-17-16(18-11-14-8-6-5-7-9-14)19-12-15-21-20-13(2)22(15)3;/h4-9H,1,10-12H2,2-3H3,(H2,17,18,19);1H. The molecule has 7 heteroatoms. The molecular formula is C16H23IN6. The molecule has 0 atom stereocenters. The summed E-state index contributed by atoms with van der Waals surface area (Å²) in [4.78, 5) is 4.57. The Morgan fingerprint density at radius 1 is 1.26 bits per heavy atom. The minimum absolute atomic E-state index is 0. The maximum atomic E-state index is 4.57. The normalized spacial score (nSPS) is 10.8. The number of benzene rings is 1. The fourth-order valence-electron chi connectivity index (χ4n) is 1.86. The number of aryl methyl sites for hydroxylation is 1. The molecule has 1 aromatic heterocycles. The number of hydrogen-bond donors (Lipinski definition) is 2. The average Bonchev–Trinajstić information content (AvgIpc) is 2.87. The van der Waals surface area contributed by atoms with E-state index >= 15 is 0 Å². The van der Waals surface area contributed by atoms with Gasteiger partial charge in [-0.1, -0.05) is 36.4 Å². The van der Waals surface area contributed by atoms with Crippen LogP contribution < -0.4 is 10.6 Å². The monoisotopic (exact) mass is 426 g/mol. The third-order valence-corrected chi connectivity index (χ3v) is 3.27. The van der Waals surface area contributed by atoms with Crippen LogP contribution in [-0.2, 0) is 20.1 Å². The van der Waals surface area contributed by atoms with E-state index in [2.05, 4.69) is 44.5 Å². The van der Waals surface area contributed by atoms with Crippen molar-refractivity contribution < 1.29 is 0 Å². The zero-order chi connectivity index (χ0) is 15.8. The quantitative estimate of drug-likeness (QED) is 0.322. The molecule has 0 fully saturated rings. The van der Waals surface area contributed by atoms with Crippen molar-refractivity contribution in [3.8, 4) is 0 Å². The Kier molecular flexibility index (Phi) is 8.31. The van der Waals surface area contributed by atoms with Crippen molar-refractivity contribution in [1.29, 1.82) is 0 Å². The number of nitrogens with zero attached hydrogens (tertiary/aromatic N) is 4. The van der Waals surface area contributed by atoms with Crippen LogP contribution in [0.2, 0.25) is 0 Å². The second kappa shape index (κ2) is 9.98. The van der Waals surface area contributed by atoms with E-state index in [1.54, 1.807) is 6.08 Å². The molecule has 1 aromatic carbocycles. The van der Waals surface area contributed by atoms with Gasteiger partial charge in [0.05, 0.1) is 13.1 Å². The highest BCUT2D eigenvalue weighted by Gasteiger charge is 2.05. The Morgan fingerprint density at radius 3 is 2.61 bits per heavy atom. The summed E-state index contributed by atoms with van der Waals surface area (Å²) in [5, 5.41) is 14.6. The van der Waals surface area contributed by atoms with Crippen molar-refractivity contribution >= 4 is 29.9 Å². The third kappa shape index (κ3) is 6.01. The molecule has 0 unspecified atom stereocenters. The third-order valence-electron chi connectivity index (χ3n) is 3.27.